The number of carbonyl (C=O) groups is 2. The first-order valence-corrected chi connectivity index (χ1v) is 6.18. The lowest BCUT2D eigenvalue weighted by molar-refractivity contribution is -0.149. The van der Waals surface area contributed by atoms with Crippen molar-refractivity contribution >= 4 is 11.9 Å². The average molecular weight is 240 g/mol. The summed E-state index contributed by atoms with van der Waals surface area (Å²) in [7, 11) is 0. The van der Waals surface area contributed by atoms with E-state index in [2.05, 4.69) is 13.5 Å². The van der Waals surface area contributed by atoms with E-state index in [1.54, 1.807) is 6.92 Å². The Bertz CT molecular complexity index is 309. The molecule has 1 saturated heterocycles. The van der Waals surface area contributed by atoms with Crippen LogP contribution in [-0.4, -0.2) is 24.6 Å². The van der Waals surface area contributed by atoms with Crippen molar-refractivity contribution in [3.05, 3.63) is 12.2 Å². The van der Waals surface area contributed by atoms with Gasteiger partial charge < -0.3 is 9.47 Å². The largest absolute Gasteiger partial charge is 0.465 e. The van der Waals surface area contributed by atoms with Gasteiger partial charge in [-0.2, -0.15) is 0 Å². The molecule has 1 heterocycles. The second-order valence-corrected chi connectivity index (χ2v) is 4.19. The molecule has 0 saturated carbocycles. The average Bonchev–Trinajstić information content (AvgIpc) is 2.56. The van der Waals surface area contributed by atoms with E-state index in [0.717, 1.165) is 19.3 Å². The van der Waals surface area contributed by atoms with Crippen LogP contribution in [0.25, 0.3) is 0 Å². The fraction of sp³-hybridized carbons (Fsp3) is 0.692. The van der Waals surface area contributed by atoms with Crippen LogP contribution in [0.1, 0.15) is 39.5 Å². The van der Waals surface area contributed by atoms with E-state index in [9.17, 15) is 9.59 Å². The Balaban J connectivity index is 2.63. The molecule has 17 heavy (non-hydrogen) atoms. The standard InChI is InChI=1S/C13H20O4/c1-4-6-7-8-10-11(13(15)16-5-2)9(3)12(14)17-10/h10-11H,3-8H2,1-2H3/t10-,11+/m1/s1. The van der Waals surface area contributed by atoms with Gasteiger partial charge in [0.2, 0.25) is 0 Å². The Morgan fingerprint density at radius 1 is 1.41 bits per heavy atom. The molecule has 0 aromatic carbocycles. The van der Waals surface area contributed by atoms with Gasteiger partial charge in [0, 0.05) is 5.57 Å². The van der Waals surface area contributed by atoms with Gasteiger partial charge in [0.1, 0.15) is 12.0 Å². The number of ether oxygens (including phenoxy) is 2. The Hall–Kier alpha value is -1.32. The second-order valence-electron chi connectivity index (χ2n) is 4.19. The van der Waals surface area contributed by atoms with E-state index in [1.807, 2.05) is 0 Å². The predicted octanol–water partition coefficient (Wildman–Crippen LogP) is 2.23. The number of esters is 2. The topological polar surface area (TPSA) is 52.6 Å². The normalized spacial score (nSPS) is 23.6. The minimum absolute atomic E-state index is 0.227. The van der Waals surface area contributed by atoms with E-state index in [-0.39, 0.29) is 11.7 Å². The Morgan fingerprint density at radius 3 is 2.71 bits per heavy atom. The Morgan fingerprint density at radius 2 is 2.12 bits per heavy atom. The number of cyclic esters (lactones) is 1. The molecule has 96 valence electrons. The van der Waals surface area contributed by atoms with Crippen LogP contribution >= 0.6 is 0 Å². The lowest BCUT2D eigenvalue weighted by Gasteiger charge is -2.15. The molecule has 0 radical (unpaired) electrons. The Kier molecular flexibility index (Phi) is 5.19. The SMILES string of the molecule is C=C1C(=O)O[C@H](CCCCC)[C@H]1C(=O)OCC. The van der Waals surface area contributed by atoms with E-state index < -0.39 is 17.9 Å². The summed E-state index contributed by atoms with van der Waals surface area (Å²) in [5.41, 5.74) is 0.227. The quantitative estimate of drug-likeness (QED) is 0.406. The molecular weight excluding hydrogens is 220 g/mol. The van der Waals surface area contributed by atoms with Gasteiger partial charge in [-0.25, -0.2) is 4.79 Å². The van der Waals surface area contributed by atoms with Crippen molar-refractivity contribution in [1.29, 1.82) is 0 Å². The zero-order chi connectivity index (χ0) is 12.8. The minimum Gasteiger partial charge on any atom is -0.465 e. The number of hydrogen-bond donors (Lipinski definition) is 0. The predicted molar refractivity (Wildman–Crippen MR) is 63.3 cm³/mol. The summed E-state index contributed by atoms with van der Waals surface area (Å²) in [5, 5.41) is 0. The van der Waals surface area contributed by atoms with Gasteiger partial charge in [0.25, 0.3) is 0 Å². The third-order valence-corrected chi connectivity index (χ3v) is 2.90. The van der Waals surface area contributed by atoms with Crippen molar-refractivity contribution in [3.63, 3.8) is 0 Å². The molecule has 0 aromatic heterocycles. The molecule has 1 aliphatic rings. The zero-order valence-electron chi connectivity index (χ0n) is 10.5. The van der Waals surface area contributed by atoms with Crippen molar-refractivity contribution in [2.45, 2.75) is 45.6 Å². The summed E-state index contributed by atoms with van der Waals surface area (Å²) < 4.78 is 10.1. The van der Waals surface area contributed by atoms with Crippen LogP contribution < -0.4 is 0 Å². The third-order valence-electron chi connectivity index (χ3n) is 2.90. The van der Waals surface area contributed by atoms with Crippen LogP contribution in [-0.2, 0) is 19.1 Å². The van der Waals surface area contributed by atoms with Gasteiger partial charge >= 0.3 is 11.9 Å². The van der Waals surface area contributed by atoms with E-state index in [0.29, 0.717) is 13.0 Å². The van der Waals surface area contributed by atoms with E-state index >= 15 is 0 Å². The molecule has 4 heteroatoms. The highest BCUT2D eigenvalue weighted by Crippen LogP contribution is 2.31. The highest BCUT2D eigenvalue weighted by molar-refractivity contribution is 5.98. The van der Waals surface area contributed by atoms with Crippen LogP contribution in [0.4, 0.5) is 0 Å². The van der Waals surface area contributed by atoms with Gasteiger partial charge in [0.15, 0.2) is 0 Å². The molecule has 0 aromatic rings. The molecule has 1 fully saturated rings. The number of carbonyl (C=O) groups excluding carboxylic acids is 2. The number of rotatable bonds is 6. The molecule has 2 atom stereocenters. The summed E-state index contributed by atoms with van der Waals surface area (Å²) in [6, 6.07) is 0. The molecular formula is C13H20O4. The maximum Gasteiger partial charge on any atom is 0.334 e. The number of unbranched alkanes of at least 4 members (excludes halogenated alkanes) is 2. The van der Waals surface area contributed by atoms with Gasteiger partial charge in [-0.15, -0.1) is 0 Å². The summed E-state index contributed by atoms with van der Waals surface area (Å²) in [4.78, 5) is 23.1. The van der Waals surface area contributed by atoms with Crippen molar-refractivity contribution in [1.82, 2.24) is 0 Å². The highest BCUT2D eigenvalue weighted by atomic mass is 16.6. The van der Waals surface area contributed by atoms with Crippen molar-refractivity contribution in [3.8, 4) is 0 Å². The Labute approximate surface area is 102 Å². The lowest BCUT2D eigenvalue weighted by Crippen LogP contribution is -2.27. The maximum atomic E-state index is 11.7. The fourth-order valence-electron chi connectivity index (χ4n) is 1.98. The van der Waals surface area contributed by atoms with Crippen molar-refractivity contribution < 1.29 is 19.1 Å². The van der Waals surface area contributed by atoms with Crippen LogP contribution in [0, 0.1) is 5.92 Å². The molecule has 0 amide bonds. The van der Waals surface area contributed by atoms with Crippen LogP contribution in [0.5, 0.6) is 0 Å². The number of hydrogen-bond acceptors (Lipinski definition) is 4. The van der Waals surface area contributed by atoms with E-state index in [1.165, 1.54) is 0 Å². The third kappa shape index (κ3) is 3.32. The van der Waals surface area contributed by atoms with Gasteiger partial charge in [-0.1, -0.05) is 26.3 Å². The van der Waals surface area contributed by atoms with E-state index in [4.69, 9.17) is 9.47 Å². The molecule has 4 nitrogen and oxygen atoms in total. The zero-order valence-corrected chi connectivity index (χ0v) is 10.5. The first kappa shape index (κ1) is 13.7. The van der Waals surface area contributed by atoms with Crippen molar-refractivity contribution in [2.75, 3.05) is 6.61 Å². The fourth-order valence-corrected chi connectivity index (χ4v) is 1.98. The van der Waals surface area contributed by atoms with Gasteiger partial charge in [0.05, 0.1) is 6.61 Å². The van der Waals surface area contributed by atoms with Crippen LogP contribution in [0.3, 0.4) is 0 Å². The summed E-state index contributed by atoms with van der Waals surface area (Å²) in [5.74, 6) is -1.48. The molecule has 1 aliphatic heterocycles. The van der Waals surface area contributed by atoms with Crippen molar-refractivity contribution in [2.24, 2.45) is 5.92 Å². The summed E-state index contributed by atoms with van der Waals surface area (Å²) >= 11 is 0. The first-order chi connectivity index (χ1) is 8.11. The van der Waals surface area contributed by atoms with Gasteiger partial charge in [-0.05, 0) is 19.8 Å². The van der Waals surface area contributed by atoms with Gasteiger partial charge in [-0.3, -0.25) is 4.79 Å². The smallest absolute Gasteiger partial charge is 0.334 e. The molecule has 0 unspecified atom stereocenters. The summed E-state index contributed by atoms with van der Waals surface area (Å²) in [6.07, 6.45) is 3.40. The molecule has 0 bridgehead atoms. The second kappa shape index (κ2) is 6.42. The monoisotopic (exact) mass is 240 g/mol. The molecule has 0 N–H and O–H groups in total. The summed E-state index contributed by atoms with van der Waals surface area (Å²) in [6.45, 7) is 7.77. The van der Waals surface area contributed by atoms with Crippen LogP contribution in [0.15, 0.2) is 12.2 Å². The minimum atomic E-state index is -0.612. The van der Waals surface area contributed by atoms with Crippen LogP contribution in [0.2, 0.25) is 0 Å². The molecule has 0 aliphatic carbocycles. The highest BCUT2D eigenvalue weighted by Gasteiger charge is 2.43. The maximum absolute atomic E-state index is 11.7. The molecule has 1 rings (SSSR count). The lowest BCUT2D eigenvalue weighted by atomic mass is 9.93. The first-order valence-electron chi connectivity index (χ1n) is 6.18. The molecule has 0 spiro atoms.